The first-order chi connectivity index (χ1) is 10.7. The number of hydrogen-bond donors (Lipinski definition) is 1. The summed E-state index contributed by atoms with van der Waals surface area (Å²) in [5.41, 5.74) is 8.40. The van der Waals surface area contributed by atoms with E-state index in [1.54, 1.807) is 0 Å². The van der Waals surface area contributed by atoms with E-state index in [1.807, 2.05) is 11.0 Å². The zero-order chi connectivity index (χ0) is 15.5. The second kappa shape index (κ2) is 6.80. The summed E-state index contributed by atoms with van der Waals surface area (Å²) in [6, 6.07) is 8.49. The lowest BCUT2D eigenvalue weighted by Gasteiger charge is -2.40. The van der Waals surface area contributed by atoms with Gasteiger partial charge in [-0.3, -0.25) is 4.79 Å². The average Bonchev–Trinajstić information content (AvgIpc) is 2.55. The molecule has 2 aliphatic rings. The van der Waals surface area contributed by atoms with Crippen molar-refractivity contribution < 1.29 is 9.53 Å². The summed E-state index contributed by atoms with van der Waals surface area (Å²) in [6.07, 6.45) is 3.50. The Kier molecular flexibility index (Phi) is 4.79. The predicted octanol–water partition coefficient (Wildman–Crippen LogP) is 2.28. The summed E-state index contributed by atoms with van der Waals surface area (Å²) < 4.78 is 5.88. The van der Waals surface area contributed by atoms with Crippen molar-refractivity contribution in [1.82, 2.24) is 4.90 Å². The monoisotopic (exact) mass is 302 g/mol. The molecule has 1 fully saturated rings. The minimum atomic E-state index is -0.104. The highest BCUT2D eigenvalue weighted by molar-refractivity contribution is 5.77. The minimum Gasteiger partial charge on any atom is -0.373 e. The smallest absolute Gasteiger partial charge is 0.225 e. The fourth-order valence-corrected chi connectivity index (χ4v) is 3.84. The molecule has 1 saturated heterocycles. The number of nitrogens with zero attached hydrogens (tertiary/aromatic N) is 1. The van der Waals surface area contributed by atoms with Crippen LogP contribution in [0.5, 0.6) is 0 Å². The first kappa shape index (κ1) is 15.5. The van der Waals surface area contributed by atoms with E-state index >= 15 is 0 Å². The lowest BCUT2D eigenvalue weighted by Crippen LogP contribution is -2.51. The van der Waals surface area contributed by atoms with E-state index in [-0.39, 0.29) is 18.1 Å². The van der Waals surface area contributed by atoms with Crippen LogP contribution in [-0.2, 0) is 16.0 Å². The molecule has 0 unspecified atom stereocenters. The largest absolute Gasteiger partial charge is 0.373 e. The summed E-state index contributed by atoms with van der Waals surface area (Å²) in [5.74, 6) is 0.672. The highest BCUT2D eigenvalue weighted by atomic mass is 16.5. The third-order valence-corrected chi connectivity index (χ3v) is 5.13. The highest BCUT2D eigenvalue weighted by Gasteiger charge is 2.33. The van der Waals surface area contributed by atoms with E-state index in [1.165, 1.54) is 11.1 Å². The number of carbonyl (C=O) groups excluding carboxylic acids is 1. The van der Waals surface area contributed by atoms with Crippen molar-refractivity contribution in [1.29, 1.82) is 0 Å². The third-order valence-electron chi connectivity index (χ3n) is 5.13. The van der Waals surface area contributed by atoms with E-state index in [0.29, 0.717) is 25.5 Å². The first-order valence-electron chi connectivity index (χ1n) is 8.39. The summed E-state index contributed by atoms with van der Waals surface area (Å²) in [5, 5.41) is 0. The standard InChI is InChI=1S/C18H26N2O2/c1-13-5-4-9-20(16(13)12-19)18(21)11-17-15-7-3-2-6-14(15)8-10-22-17/h2-3,6-7,13,16-17H,4-5,8-12,19H2,1H3/t13-,16-,17-/m1/s1. The molecule has 22 heavy (non-hydrogen) atoms. The fourth-order valence-electron chi connectivity index (χ4n) is 3.84. The van der Waals surface area contributed by atoms with E-state index in [9.17, 15) is 4.79 Å². The first-order valence-corrected chi connectivity index (χ1v) is 8.39. The van der Waals surface area contributed by atoms with Crippen LogP contribution in [0, 0.1) is 5.92 Å². The average molecular weight is 302 g/mol. The molecule has 2 aliphatic heterocycles. The second-order valence-corrected chi connectivity index (χ2v) is 6.52. The topological polar surface area (TPSA) is 55.6 Å². The molecule has 0 saturated carbocycles. The van der Waals surface area contributed by atoms with Crippen LogP contribution in [-0.4, -0.2) is 36.5 Å². The third kappa shape index (κ3) is 3.03. The Morgan fingerprint density at radius 1 is 1.41 bits per heavy atom. The van der Waals surface area contributed by atoms with Crippen LogP contribution in [0.3, 0.4) is 0 Å². The maximum Gasteiger partial charge on any atom is 0.225 e. The summed E-state index contributed by atoms with van der Waals surface area (Å²) in [7, 11) is 0. The van der Waals surface area contributed by atoms with Crippen molar-refractivity contribution in [2.24, 2.45) is 11.7 Å². The normalized spacial score (nSPS) is 28.3. The van der Waals surface area contributed by atoms with Gasteiger partial charge in [-0.05, 0) is 36.3 Å². The van der Waals surface area contributed by atoms with Gasteiger partial charge >= 0.3 is 0 Å². The molecule has 0 radical (unpaired) electrons. The second-order valence-electron chi connectivity index (χ2n) is 6.52. The number of piperidine rings is 1. The molecule has 1 amide bonds. The van der Waals surface area contributed by atoms with Gasteiger partial charge < -0.3 is 15.4 Å². The summed E-state index contributed by atoms with van der Waals surface area (Å²) in [6.45, 7) is 4.28. The molecule has 2 N–H and O–H groups in total. The van der Waals surface area contributed by atoms with Crippen molar-refractivity contribution in [3.05, 3.63) is 35.4 Å². The Morgan fingerprint density at radius 3 is 3.05 bits per heavy atom. The van der Waals surface area contributed by atoms with Gasteiger partial charge in [0.15, 0.2) is 0 Å². The van der Waals surface area contributed by atoms with Crippen molar-refractivity contribution in [2.45, 2.75) is 44.8 Å². The number of fused-ring (bicyclic) bond motifs is 1. The van der Waals surface area contributed by atoms with Gasteiger partial charge in [0.1, 0.15) is 0 Å². The number of ether oxygens (including phenoxy) is 1. The zero-order valence-electron chi connectivity index (χ0n) is 13.3. The number of benzene rings is 1. The molecule has 3 atom stereocenters. The van der Waals surface area contributed by atoms with Gasteiger partial charge in [-0.1, -0.05) is 31.2 Å². The highest BCUT2D eigenvalue weighted by Crippen LogP contribution is 2.31. The number of rotatable bonds is 3. The maximum atomic E-state index is 12.8. The van der Waals surface area contributed by atoms with Gasteiger partial charge in [0.25, 0.3) is 0 Å². The van der Waals surface area contributed by atoms with E-state index in [4.69, 9.17) is 10.5 Å². The van der Waals surface area contributed by atoms with Gasteiger partial charge in [0, 0.05) is 19.1 Å². The molecule has 1 aromatic carbocycles. The number of nitrogens with two attached hydrogens (primary N) is 1. The van der Waals surface area contributed by atoms with E-state index < -0.39 is 0 Å². The Morgan fingerprint density at radius 2 is 2.23 bits per heavy atom. The van der Waals surface area contributed by atoms with Crippen LogP contribution in [0.15, 0.2) is 24.3 Å². The van der Waals surface area contributed by atoms with Crippen LogP contribution < -0.4 is 5.73 Å². The fraction of sp³-hybridized carbons (Fsp3) is 0.611. The number of amides is 1. The molecule has 4 nitrogen and oxygen atoms in total. The van der Waals surface area contributed by atoms with Crippen LogP contribution in [0.25, 0.3) is 0 Å². The van der Waals surface area contributed by atoms with Gasteiger partial charge in [0.2, 0.25) is 5.91 Å². The summed E-state index contributed by atoms with van der Waals surface area (Å²) in [4.78, 5) is 14.8. The molecule has 0 bridgehead atoms. The molecule has 4 heteroatoms. The SMILES string of the molecule is C[C@@H]1CCCN(C(=O)C[C@H]2OCCc3ccccc32)[C@@H]1CN. The minimum absolute atomic E-state index is 0.104. The molecule has 3 rings (SSSR count). The molecular formula is C18H26N2O2. The van der Waals surface area contributed by atoms with Crippen molar-refractivity contribution >= 4 is 5.91 Å². The van der Waals surface area contributed by atoms with Gasteiger partial charge in [-0.2, -0.15) is 0 Å². The van der Waals surface area contributed by atoms with Gasteiger partial charge in [-0.25, -0.2) is 0 Å². The van der Waals surface area contributed by atoms with Crippen molar-refractivity contribution in [3.8, 4) is 0 Å². The van der Waals surface area contributed by atoms with E-state index in [0.717, 1.165) is 25.8 Å². The van der Waals surface area contributed by atoms with Gasteiger partial charge in [-0.15, -0.1) is 0 Å². The number of hydrogen-bond acceptors (Lipinski definition) is 3. The van der Waals surface area contributed by atoms with Gasteiger partial charge in [0.05, 0.1) is 19.1 Å². The Hall–Kier alpha value is -1.39. The maximum absolute atomic E-state index is 12.8. The quantitative estimate of drug-likeness (QED) is 0.932. The predicted molar refractivity (Wildman–Crippen MR) is 86.4 cm³/mol. The number of likely N-dealkylation sites (tertiary alicyclic amines) is 1. The molecule has 0 aromatic heterocycles. The zero-order valence-corrected chi connectivity index (χ0v) is 13.3. The molecular weight excluding hydrogens is 276 g/mol. The van der Waals surface area contributed by atoms with Crippen LogP contribution in [0.4, 0.5) is 0 Å². The summed E-state index contributed by atoms with van der Waals surface area (Å²) >= 11 is 0. The number of carbonyl (C=O) groups is 1. The molecule has 0 spiro atoms. The molecule has 0 aliphatic carbocycles. The molecule has 120 valence electrons. The van der Waals surface area contributed by atoms with Crippen molar-refractivity contribution in [3.63, 3.8) is 0 Å². The Labute approximate surface area is 132 Å². The Bertz CT molecular complexity index is 532. The lowest BCUT2D eigenvalue weighted by atomic mass is 9.89. The lowest BCUT2D eigenvalue weighted by molar-refractivity contribution is -0.139. The van der Waals surface area contributed by atoms with Crippen LogP contribution in [0.2, 0.25) is 0 Å². The molecule has 1 aromatic rings. The van der Waals surface area contributed by atoms with Crippen molar-refractivity contribution in [2.75, 3.05) is 19.7 Å². The van der Waals surface area contributed by atoms with Crippen LogP contribution >= 0.6 is 0 Å². The van der Waals surface area contributed by atoms with E-state index in [2.05, 4.69) is 25.1 Å². The van der Waals surface area contributed by atoms with Crippen LogP contribution in [0.1, 0.15) is 43.4 Å². The molecule has 2 heterocycles. The Balaban J connectivity index is 1.72.